The van der Waals surface area contributed by atoms with E-state index in [-0.39, 0.29) is 23.6 Å². The van der Waals surface area contributed by atoms with Gasteiger partial charge in [-0.2, -0.15) is 0 Å². The van der Waals surface area contributed by atoms with Crippen LogP contribution < -0.4 is 0 Å². The number of carbonyl (C=O) groups is 1. The van der Waals surface area contributed by atoms with Crippen LogP contribution in [-0.2, 0) is 0 Å². The summed E-state index contributed by atoms with van der Waals surface area (Å²) in [5, 5.41) is 9.52. The van der Waals surface area contributed by atoms with Crippen LogP contribution in [0.3, 0.4) is 0 Å². The first-order valence-electron chi connectivity index (χ1n) is 5.75. The van der Waals surface area contributed by atoms with Crippen molar-refractivity contribution in [2.45, 2.75) is 0 Å². The molecule has 0 saturated heterocycles. The number of carbonyl (C=O) groups excluding carboxylic acids is 1. The van der Waals surface area contributed by atoms with E-state index in [1.165, 1.54) is 6.07 Å². The van der Waals surface area contributed by atoms with Gasteiger partial charge in [-0.15, -0.1) is 0 Å². The molecule has 1 aromatic rings. The van der Waals surface area contributed by atoms with Gasteiger partial charge in [0.1, 0.15) is 11.6 Å². The number of aromatic hydroxyl groups is 1. The SMILES string of the molecule is CN(C)CCN(C)CC(=O)c1cc(F)ccc1O. The van der Waals surface area contributed by atoms with Crippen LogP contribution in [0.15, 0.2) is 18.2 Å². The van der Waals surface area contributed by atoms with Crippen LogP contribution in [-0.4, -0.2) is 61.5 Å². The fourth-order valence-corrected chi connectivity index (χ4v) is 1.51. The van der Waals surface area contributed by atoms with Crippen LogP contribution >= 0.6 is 0 Å². The Morgan fingerprint density at radius 3 is 2.56 bits per heavy atom. The second kappa shape index (κ2) is 6.47. The van der Waals surface area contributed by atoms with E-state index in [0.717, 1.165) is 25.2 Å². The number of rotatable bonds is 6. The molecule has 0 fully saturated rings. The highest BCUT2D eigenvalue weighted by Crippen LogP contribution is 2.18. The van der Waals surface area contributed by atoms with E-state index in [4.69, 9.17) is 0 Å². The normalized spacial score (nSPS) is 11.2. The molecule has 0 unspecified atom stereocenters. The van der Waals surface area contributed by atoms with E-state index in [9.17, 15) is 14.3 Å². The molecule has 0 radical (unpaired) electrons. The smallest absolute Gasteiger partial charge is 0.180 e. The number of phenolic OH excluding ortho intramolecular Hbond substituents is 1. The monoisotopic (exact) mass is 254 g/mol. The van der Waals surface area contributed by atoms with E-state index in [1.807, 2.05) is 30.9 Å². The summed E-state index contributed by atoms with van der Waals surface area (Å²) < 4.78 is 13.0. The summed E-state index contributed by atoms with van der Waals surface area (Å²) in [5.41, 5.74) is 0.0340. The van der Waals surface area contributed by atoms with Crippen molar-refractivity contribution < 1.29 is 14.3 Å². The molecule has 0 atom stereocenters. The third-order valence-corrected chi connectivity index (χ3v) is 2.60. The van der Waals surface area contributed by atoms with Gasteiger partial charge in [0.05, 0.1) is 12.1 Å². The molecule has 5 heteroatoms. The Bertz CT molecular complexity index is 421. The maximum atomic E-state index is 13.0. The van der Waals surface area contributed by atoms with Gasteiger partial charge >= 0.3 is 0 Å². The number of benzene rings is 1. The van der Waals surface area contributed by atoms with Crippen molar-refractivity contribution in [3.8, 4) is 5.75 Å². The largest absolute Gasteiger partial charge is 0.507 e. The van der Waals surface area contributed by atoms with Gasteiger partial charge in [-0.3, -0.25) is 9.69 Å². The molecule has 1 aromatic carbocycles. The molecular formula is C13H19FN2O2. The van der Waals surface area contributed by atoms with Crippen molar-refractivity contribution >= 4 is 5.78 Å². The molecule has 100 valence electrons. The Kier molecular flexibility index (Phi) is 5.25. The first-order chi connectivity index (χ1) is 8.40. The second-order valence-corrected chi connectivity index (χ2v) is 4.63. The minimum Gasteiger partial charge on any atom is -0.507 e. The van der Waals surface area contributed by atoms with Gasteiger partial charge in [0.2, 0.25) is 0 Å². The Hall–Kier alpha value is -1.46. The molecule has 4 nitrogen and oxygen atoms in total. The zero-order valence-corrected chi connectivity index (χ0v) is 11.0. The molecule has 0 aliphatic heterocycles. The number of ketones is 1. The summed E-state index contributed by atoms with van der Waals surface area (Å²) in [6.45, 7) is 1.72. The molecular weight excluding hydrogens is 235 g/mol. The number of hydrogen-bond donors (Lipinski definition) is 1. The molecule has 0 aliphatic carbocycles. The van der Waals surface area contributed by atoms with Gasteiger partial charge in [0.15, 0.2) is 5.78 Å². The second-order valence-electron chi connectivity index (χ2n) is 4.63. The van der Waals surface area contributed by atoms with E-state index >= 15 is 0 Å². The lowest BCUT2D eigenvalue weighted by molar-refractivity contribution is 0.0939. The van der Waals surface area contributed by atoms with Gasteiger partial charge in [0, 0.05) is 13.1 Å². The van der Waals surface area contributed by atoms with Crippen molar-refractivity contribution in [3.63, 3.8) is 0 Å². The van der Waals surface area contributed by atoms with Crippen LogP contribution in [0.25, 0.3) is 0 Å². The Morgan fingerprint density at radius 2 is 1.94 bits per heavy atom. The maximum absolute atomic E-state index is 13.0. The van der Waals surface area contributed by atoms with Gasteiger partial charge < -0.3 is 10.0 Å². The van der Waals surface area contributed by atoms with E-state index in [0.29, 0.717) is 0 Å². The topological polar surface area (TPSA) is 43.8 Å². The van der Waals surface area contributed by atoms with Crippen molar-refractivity contribution in [1.82, 2.24) is 9.80 Å². The first kappa shape index (κ1) is 14.6. The molecule has 0 amide bonds. The van der Waals surface area contributed by atoms with E-state index < -0.39 is 5.82 Å². The fourth-order valence-electron chi connectivity index (χ4n) is 1.51. The lowest BCUT2D eigenvalue weighted by atomic mass is 10.1. The lowest BCUT2D eigenvalue weighted by Gasteiger charge is -2.18. The Balaban J connectivity index is 2.62. The van der Waals surface area contributed by atoms with Crippen molar-refractivity contribution in [2.24, 2.45) is 0 Å². The van der Waals surface area contributed by atoms with Crippen LogP contribution in [0.4, 0.5) is 4.39 Å². The molecule has 0 spiro atoms. The van der Waals surface area contributed by atoms with Crippen molar-refractivity contribution in [2.75, 3.05) is 40.8 Å². The zero-order chi connectivity index (χ0) is 13.7. The van der Waals surface area contributed by atoms with E-state index in [1.54, 1.807) is 0 Å². The predicted molar refractivity (Wildman–Crippen MR) is 68.4 cm³/mol. The van der Waals surface area contributed by atoms with Gasteiger partial charge in [-0.25, -0.2) is 4.39 Å². The van der Waals surface area contributed by atoms with Crippen LogP contribution in [0.1, 0.15) is 10.4 Å². The molecule has 18 heavy (non-hydrogen) atoms. The van der Waals surface area contributed by atoms with Gasteiger partial charge in [-0.1, -0.05) is 0 Å². The number of halogens is 1. The molecule has 0 aromatic heterocycles. The third-order valence-electron chi connectivity index (χ3n) is 2.60. The molecule has 0 saturated carbocycles. The average Bonchev–Trinajstić information content (AvgIpc) is 2.29. The highest BCUT2D eigenvalue weighted by atomic mass is 19.1. The van der Waals surface area contributed by atoms with Crippen molar-refractivity contribution in [1.29, 1.82) is 0 Å². The highest BCUT2D eigenvalue weighted by Gasteiger charge is 2.14. The molecule has 1 rings (SSSR count). The standard InChI is InChI=1S/C13H19FN2O2/c1-15(2)6-7-16(3)9-13(18)11-8-10(14)4-5-12(11)17/h4-5,8,17H,6-7,9H2,1-3H3. The number of nitrogens with zero attached hydrogens (tertiary/aromatic N) is 2. The molecule has 0 aliphatic rings. The van der Waals surface area contributed by atoms with Crippen LogP contribution in [0.5, 0.6) is 5.75 Å². The van der Waals surface area contributed by atoms with Crippen LogP contribution in [0, 0.1) is 5.82 Å². The minimum absolute atomic E-state index is 0.0340. The Labute approximate surface area is 107 Å². The highest BCUT2D eigenvalue weighted by molar-refractivity contribution is 5.99. The molecule has 0 heterocycles. The summed E-state index contributed by atoms with van der Waals surface area (Å²) in [7, 11) is 5.72. The van der Waals surface area contributed by atoms with Crippen molar-refractivity contribution in [3.05, 3.63) is 29.6 Å². The summed E-state index contributed by atoms with van der Waals surface area (Å²) in [6, 6.07) is 3.39. The number of hydrogen-bond acceptors (Lipinski definition) is 4. The molecule has 1 N–H and O–H groups in total. The first-order valence-corrected chi connectivity index (χ1v) is 5.75. The summed E-state index contributed by atoms with van der Waals surface area (Å²) in [6.07, 6.45) is 0. The van der Waals surface area contributed by atoms with Crippen LogP contribution in [0.2, 0.25) is 0 Å². The van der Waals surface area contributed by atoms with Gasteiger partial charge in [-0.05, 0) is 39.3 Å². The van der Waals surface area contributed by atoms with E-state index in [2.05, 4.69) is 0 Å². The molecule has 0 bridgehead atoms. The minimum atomic E-state index is -0.521. The maximum Gasteiger partial charge on any atom is 0.180 e. The fraction of sp³-hybridized carbons (Fsp3) is 0.462. The number of likely N-dealkylation sites (N-methyl/N-ethyl adjacent to an activating group) is 2. The summed E-state index contributed by atoms with van der Waals surface area (Å²) >= 11 is 0. The average molecular weight is 254 g/mol. The Morgan fingerprint density at radius 1 is 1.28 bits per heavy atom. The zero-order valence-electron chi connectivity index (χ0n) is 11.0. The number of phenols is 1. The summed E-state index contributed by atoms with van der Waals surface area (Å²) in [5.74, 6) is -0.984. The third kappa shape index (κ3) is 4.43. The summed E-state index contributed by atoms with van der Waals surface area (Å²) in [4.78, 5) is 15.7. The predicted octanol–water partition coefficient (Wildman–Crippen LogP) is 1.21. The number of Topliss-reactive ketones (excluding diaryl/α,β-unsaturated/α-hetero) is 1. The quantitative estimate of drug-likeness (QED) is 0.775. The lowest BCUT2D eigenvalue weighted by Crippen LogP contribution is -2.32. The van der Waals surface area contributed by atoms with Gasteiger partial charge in [0.25, 0.3) is 0 Å².